The van der Waals surface area contributed by atoms with E-state index in [-0.39, 0.29) is 18.3 Å². The highest BCUT2D eigenvalue weighted by Crippen LogP contribution is 2.26. The summed E-state index contributed by atoms with van der Waals surface area (Å²) in [6.07, 6.45) is 4.35. The number of carbonyl (C=O) groups excluding carboxylic acids is 1. The monoisotopic (exact) mass is 268 g/mol. The number of rotatable bonds is 4. The lowest BCUT2D eigenvalue weighted by Gasteiger charge is -2.30. The molecule has 0 spiro atoms. The molecule has 0 radical (unpaired) electrons. The van der Waals surface area contributed by atoms with Gasteiger partial charge in [-0.2, -0.15) is 0 Å². The third-order valence-corrected chi connectivity index (χ3v) is 3.52. The van der Waals surface area contributed by atoms with Gasteiger partial charge in [0.05, 0.1) is 6.42 Å². The topological polar surface area (TPSA) is 46.3 Å². The largest absolute Gasteiger partial charge is 0.399 e. The summed E-state index contributed by atoms with van der Waals surface area (Å²) in [5.74, 6) is 0.928. The van der Waals surface area contributed by atoms with Crippen LogP contribution in [0.4, 0.5) is 5.69 Å². The molecule has 1 amide bonds. The van der Waals surface area contributed by atoms with Gasteiger partial charge in [0.15, 0.2) is 0 Å². The Balaban J connectivity index is 0.00000162. The van der Waals surface area contributed by atoms with Crippen LogP contribution in [-0.4, -0.2) is 24.4 Å². The lowest BCUT2D eigenvalue weighted by atomic mass is 9.85. The third-order valence-electron chi connectivity index (χ3n) is 3.52. The number of hydrogen-bond donors (Lipinski definition) is 1. The minimum absolute atomic E-state index is 0. The Morgan fingerprint density at radius 1 is 1.33 bits per heavy atom. The van der Waals surface area contributed by atoms with Crippen molar-refractivity contribution in [3.63, 3.8) is 0 Å². The first-order valence-electron chi connectivity index (χ1n) is 6.23. The van der Waals surface area contributed by atoms with E-state index in [1.54, 1.807) is 0 Å². The van der Waals surface area contributed by atoms with Gasteiger partial charge in [0, 0.05) is 19.3 Å². The Bertz CT molecular complexity index is 387. The van der Waals surface area contributed by atoms with Gasteiger partial charge in [-0.1, -0.05) is 18.6 Å². The summed E-state index contributed by atoms with van der Waals surface area (Å²) in [5.41, 5.74) is 7.39. The number of nitrogen functional groups attached to an aromatic ring is 1. The smallest absolute Gasteiger partial charge is 0.226 e. The van der Waals surface area contributed by atoms with Gasteiger partial charge in [-0.25, -0.2) is 0 Å². The summed E-state index contributed by atoms with van der Waals surface area (Å²) >= 11 is 0. The molecular formula is C14H21ClN2O. The second-order valence-electron chi connectivity index (χ2n) is 4.99. The van der Waals surface area contributed by atoms with Crippen LogP contribution in [0.1, 0.15) is 24.8 Å². The van der Waals surface area contributed by atoms with Crippen molar-refractivity contribution in [2.75, 3.05) is 19.3 Å². The number of benzene rings is 1. The van der Waals surface area contributed by atoms with Crippen LogP contribution in [-0.2, 0) is 11.2 Å². The Hall–Kier alpha value is -1.22. The molecule has 3 nitrogen and oxygen atoms in total. The van der Waals surface area contributed by atoms with Crippen LogP contribution in [0.2, 0.25) is 0 Å². The van der Waals surface area contributed by atoms with E-state index in [1.807, 2.05) is 36.2 Å². The Morgan fingerprint density at radius 2 is 1.94 bits per heavy atom. The van der Waals surface area contributed by atoms with Crippen molar-refractivity contribution in [1.29, 1.82) is 0 Å². The molecule has 100 valence electrons. The summed E-state index contributed by atoms with van der Waals surface area (Å²) in [4.78, 5) is 13.8. The molecule has 1 aromatic rings. The fraction of sp³-hybridized carbons (Fsp3) is 0.500. The first-order valence-corrected chi connectivity index (χ1v) is 6.23. The highest BCUT2D eigenvalue weighted by Gasteiger charge is 2.21. The molecule has 0 atom stereocenters. The van der Waals surface area contributed by atoms with Crippen molar-refractivity contribution in [3.8, 4) is 0 Å². The van der Waals surface area contributed by atoms with E-state index in [1.165, 1.54) is 19.3 Å². The quantitative estimate of drug-likeness (QED) is 0.853. The van der Waals surface area contributed by atoms with Gasteiger partial charge in [0.25, 0.3) is 0 Å². The molecule has 1 aliphatic rings. The standard InChI is InChI=1S/C14H20N2O.ClH/c1-16(10-12-3-2-4-12)14(17)9-11-5-7-13(15)8-6-11;/h5-8,12H,2-4,9-10,15H2,1H3;1H. The molecule has 0 heterocycles. The molecule has 0 saturated heterocycles. The van der Waals surface area contributed by atoms with Gasteiger partial charge in [0.2, 0.25) is 5.91 Å². The molecule has 0 unspecified atom stereocenters. The molecule has 2 rings (SSSR count). The van der Waals surface area contributed by atoms with E-state index >= 15 is 0 Å². The number of anilines is 1. The van der Waals surface area contributed by atoms with Gasteiger partial charge in [-0.15, -0.1) is 12.4 Å². The van der Waals surface area contributed by atoms with E-state index in [0.29, 0.717) is 6.42 Å². The maximum atomic E-state index is 12.0. The number of nitrogens with zero attached hydrogens (tertiary/aromatic N) is 1. The second-order valence-corrected chi connectivity index (χ2v) is 4.99. The molecule has 0 bridgehead atoms. The van der Waals surface area contributed by atoms with Crippen molar-refractivity contribution >= 4 is 24.0 Å². The first kappa shape index (κ1) is 14.8. The van der Waals surface area contributed by atoms with Crippen molar-refractivity contribution < 1.29 is 4.79 Å². The van der Waals surface area contributed by atoms with E-state index in [4.69, 9.17) is 5.73 Å². The van der Waals surface area contributed by atoms with Crippen LogP contribution in [0, 0.1) is 5.92 Å². The number of amides is 1. The average Bonchev–Trinajstić information content (AvgIpc) is 2.26. The van der Waals surface area contributed by atoms with E-state index in [9.17, 15) is 4.79 Å². The van der Waals surface area contributed by atoms with E-state index in [0.717, 1.165) is 23.7 Å². The summed E-state index contributed by atoms with van der Waals surface area (Å²) in [6.45, 7) is 0.911. The average molecular weight is 269 g/mol. The maximum absolute atomic E-state index is 12.0. The van der Waals surface area contributed by atoms with Crippen LogP contribution < -0.4 is 5.73 Å². The minimum Gasteiger partial charge on any atom is -0.399 e. The molecule has 4 heteroatoms. The maximum Gasteiger partial charge on any atom is 0.226 e. The number of halogens is 1. The van der Waals surface area contributed by atoms with Gasteiger partial charge in [-0.05, 0) is 36.5 Å². The minimum atomic E-state index is 0. The van der Waals surface area contributed by atoms with Gasteiger partial charge in [-0.3, -0.25) is 4.79 Å². The van der Waals surface area contributed by atoms with Crippen LogP contribution in [0.5, 0.6) is 0 Å². The number of carbonyl (C=O) groups is 1. The highest BCUT2D eigenvalue weighted by atomic mass is 35.5. The van der Waals surface area contributed by atoms with Crippen molar-refractivity contribution in [1.82, 2.24) is 4.90 Å². The molecule has 1 aromatic carbocycles. The SMILES string of the molecule is CN(CC1CCC1)C(=O)Cc1ccc(N)cc1.Cl. The lowest BCUT2D eigenvalue weighted by molar-refractivity contribution is -0.130. The Kier molecular flexibility index (Phi) is 5.48. The fourth-order valence-corrected chi connectivity index (χ4v) is 2.11. The summed E-state index contributed by atoms with van der Waals surface area (Å²) in [6, 6.07) is 7.53. The van der Waals surface area contributed by atoms with E-state index < -0.39 is 0 Å². The van der Waals surface area contributed by atoms with Crippen molar-refractivity contribution in [3.05, 3.63) is 29.8 Å². The van der Waals surface area contributed by atoms with Gasteiger partial charge >= 0.3 is 0 Å². The van der Waals surface area contributed by atoms with Crippen LogP contribution in [0.25, 0.3) is 0 Å². The van der Waals surface area contributed by atoms with Gasteiger partial charge in [0.1, 0.15) is 0 Å². The fourth-order valence-electron chi connectivity index (χ4n) is 2.11. The molecule has 0 aromatic heterocycles. The van der Waals surface area contributed by atoms with Crippen LogP contribution >= 0.6 is 12.4 Å². The molecule has 18 heavy (non-hydrogen) atoms. The van der Waals surface area contributed by atoms with E-state index in [2.05, 4.69) is 0 Å². The summed E-state index contributed by atoms with van der Waals surface area (Å²) < 4.78 is 0. The molecule has 1 fully saturated rings. The lowest BCUT2D eigenvalue weighted by Crippen LogP contribution is -2.35. The molecule has 1 aliphatic carbocycles. The molecule has 0 aliphatic heterocycles. The molecular weight excluding hydrogens is 248 g/mol. The molecule has 2 N–H and O–H groups in total. The Labute approximate surface area is 115 Å². The number of nitrogens with two attached hydrogens (primary N) is 1. The molecule has 1 saturated carbocycles. The Morgan fingerprint density at radius 3 is 2.44 bits per heavy atom. The van der Waals surface area contributed by atoms with Crippen molar-refractivity contribution in [2.45, 2.75) is 25.7 Å². The van der Waals surface area contributed by atoms with Crippen LogP contribution in [0.15, 0.2) is 24.3 Å². The zero-order valence-electron chi connectivity index (χ0n) is 10.8. The second kappa shape index (κ2) is 6.64. The highest BCUT2D eigenvalue weighted by molar-refractivity contribution is 5.85. The number of hydrogen-bond acceptors (Lipinski definition) is 2. The zero-order valence-corrected chi connectivity index (χ0v) is 11.6. The van der Waals surface area contributed by atoms with Crippen LogP contribution in [0.3, 0.4) is 0 Å². The zero-order chi connectivity index (χ0) is 12.3. The summed E-state index contributed by atoms with van der Waals surface area (Å²) in [5, 5.41) is 0. The number of likely N-dealkylation sites (N-methyl/N-ethyl adjacent to an activating group) is 1. The predicted octanol–water partition coefficient (Wildman–Crippen LogP) is 2.49. The van der Waals surface area contributed by atoms with Gasteiger partial charge < -0.3 is 10.6 Å². The van der Waals surface area contributed by atoms with Crippen molar-refractivity contribution in [2.24, 2.45) is 5.92 Å². The summed E-state index contributed by atoms with van der Waals surface area (Å²) in [7, 11) is 1.90. The first-order chi connectivity index (χ1) is 8.15. The predicted molar refractivity (Wildman–Crippen MR) is 76.8 cm³/mol. The third kappa shape index (κ3) is 3.91. The normalized spacial score (nSPS) is 14.5.